The number of hydrogen-bond donors (Lipinski definition) is 1. The fourth-order valence-electron chi connectivity index (χ4n) is 3.95. The monoisotopic (exact) mass is 350 g/mol. The van der Waals surface area contributed by atoms with E-state index in [2.05, 4.69) is 5.32 Å². The summed E-state index contributed by atoms with van der Waals surface area (Å²) in [6.45, 7) is 4.04. The van der Waals surface area contributed by atoms with E-state index in [1.165, 1.54) is 12.8 Å². The van der Waals surface area contributed by atoms with Crippen LogP contribution < -0.4 is 10.1 Å². The van der Waals surface area contributed by atoms with E-state index in [9.17, 15) is 4.79 Å². The van der Waals surface area contributed by atoms with E-state index in [-0.39, 0.29) is 18.3 Å². The van der Waals surface area contributed by atoms with Gasteiger partial charge in [-0.25, -0.2) is 0 Å². The largest absolute Gasteiger partial charge is 0.490 e. The third-order valence-corrected chi connectivity index (χ3v) is 5.90. The lowest BCUT2D eigenvalue weighted by Gasteiger charge is -2.38. The predicted octanol–water partition coefficient (Wildman–Crippen LogP) is 3.26. The van der Waals surface area contributed by atoms with Crippen LogP contribution in [0.3, 0.4) is 0 Å². The zero-order valence-corrected chi connectivity index (χ0v) is 14.9. The molecule has 0 radical (unpaired) electrons. The average molecular weight is 351 g/mol. The molecular weight excluding hydrogens is 324 g/mol. The quantitative estimate of drug-likeness (QED) is 0.909. The van der Waals surface area contributed by atoms with Crippen molar-refractivity contribution in [3.63, 3.8) is 0 Å². The van der Waals surface area contributed by atoms with Gasteiger partial charge in [-0.15, -0.1) is 12.4 Å². The zero-order chi connectivity index (χ0) is 15.7. The molecule has 4 nitrogen and oxygen atoms in total. The Morgan fingerprint density at radius 2 is 1.83 bits per heavy atom. The molecule has 1 aromatic rings. The van der Waals surface area contributed by atoms with Crippen LogP contribution >= 0.6 is 12.4 Å². The Morgan fingerprint density at radius 1 is 1.12 bits per heavy atom. The number of carbonyl (C=O) groups excluding carboxylic acids is 1. The van der Waals surface area contributed by atoms with E-state index in [0.29, 0.717) is 11.5 Å². The van der Waals surface area contributed by atoms with Crippen LogP contribution in [-0.4, -0.2) is 43.1 Å². The number of amides is 1. The molecule has 1 aliphatic carbocycles. The van der Waals surface area contributed by atoms with Gasteiger partial charge in [0, 0.05) is 25.2 Å². The van der Waals surface area contributed by atoms with Gasteiger partial charge in [-0.2, -0.15) is 0 Å². The summed E-state index contributed by atoms with van der Waals surface area (Å²) in [6.07, 6.45) is 7.50. The molecule has 0 unspecified atom stereocenters. The number of nitrogens with one attached hydrogen (secondary N) is 1. The zero-order valence-electron chi connectivity index (χ0n) is 14.1. The number of carbonyl (C=O) groups is 1. The number of nitrogens with zero attached hydrogens (tertiary/aromatic N) is 1. The fraction of sp³-hybridized carbons (Fsp3) is 0.632. The summed E-state index contributed by atoms with van der Waals surface area (Å²) in [5, 5.41) is 3.47. The molecule has 1 spiro atoms. The van der Waals surface area contributed by atoms with Gasteiger partial charge in [0.15, 0.2) is 0 Å². The summed E-state index contributed by atoms with van der Waals surface area (Å²) in [5.74, 6) is 1.06. The van der Waals surface area contributed by atoms with E-state index < -0.39 is 0 Å². The van der Waals surface area contributed by atoms with Crippen LogP contribution in [0.25, 0.3) is 0 Å². The van der Waals surface area contributed by atoms with Gasteiger partial charge >= 0.3 is 0 Å². The Balaban J connectivity index is 0.00000169. The summed E-state index contributed by atoms with van der Waals surface area (Å²) in [7, 11) is 0. The summed E-state index contributed by atoms with van der Waals surface area (Å²) in [5.41, 5.74) is 1.24. The van der Waals surface area contributed by atoms with Crippen LogP contribution in [-0.2, 0) is 0 Å². The highest BCUT2D eigenvalue weighted by molar-refractivity contribution is 5.94. The molecule has 0 atom stereocenters. The number of halogens is 1. The normalized spacial score (nSPS) is 22.8. The molecule has 3 aliphatic rings. The predicted molar refractivity (Wildman–Crippen MR) is 97.0 cm³/mol. The van der Waals surface area contributed by atoms with Crippen molar-refractivity contribution in [2.45, 2.75) is 44.6 Å². The van der Waals surface area contributed by atoms with Gasteiger partial charge in [-0.1, -0.05) is 0 Å². The number of rotatable bonds is 3. The summed E-state index contributed by atoms with van der Waals surface area (Å²) in [6, 6.07) is 7.71. The van der Waals surface area contributed by atoms with Crippen LogP contribution in [0.1, 0.15) is 48.9 Å². The SMILES string of the molecule is Cl.O=C(c1ccc(OC2CCC2)cc1)N1CCC2(CCNC2)CC1. The molecule has 0 aromatic heterocycles. The van der Waals surface area contributed by atoms with Gasteiger partial charge in [-0.3, -0.25) is 4.79 Å². The molecule has 1 amide bonds. The molecule has 1 aromatic carbocycles. The molecule has 4 rings (SSSR count). The number of likely N-dealkylation sites (tertiary alicyclic amines) is 1. The third kappa shape index (κ3) is 3.55. The van der Waals surface area contributed by atoms with E-state index in [0.717, 1.165) is 63.2 Å². The lowest BCUT2D eigenvalue weighted by atomic mass is 9.78. The van der Waals surface area contributed by atoms with Gasteiger partial charge in [0.2, 0.25) is 0 Å². The number of benzene rings is 1. The number of piperidine rings is 1. The molecule has 132 valence electrons. The lowest BCUT2D eigenvalue weighted by Crippen LogP contribution is -2.44. The molecule has 2 heterocycles. The molecule has 24 heavy (non-hydrogen) atoms. The highest BCUT2D eigenvalue weighted by Gasteiger charge is 2.38. The molecule has 1 N–H and O–H groups in total. The van der Waals surface area contributed by atoms with Gasteiger partial charge in [-0.05, 0) is 74.8 Å². The second-order valence-electron chi connectivity index (χ2n) is 7.41. The molecule has 2 aliphatic heterocycles. The summed E-state index contributed by atoms with van der Waals surface area (Å²) in [4.78, 5) is 14.7. The Bertz CT molecular complexity index is 555. The third-order valence-electron chi connectivity index (χ3n) is 5.90. The van der Waals surface area contributed by atoms with Crippen LogP contribution in [0.15, 0.2) is 24.3 Å². The minimum atomic E-state index is 0. The lowest BCUT2D eigenvalue weighted by molar-refractivity contribution is 0.0607. The van der Waals surface area contributed by atoms with E-state index in [1.54, 1.807) is 0 Å². The second-order valence-corrected chi connectivity index (χ2v) is 7.41. The van der Waals surface area contributed by atoms with E-state index >= 15 is 0 Å². The first-order valence-corrected chi connectivity index (χ1v) is 9.01. The first kappa shape index (κ1) is 17.6. The first-order valence-electron chi connectivity index (χ1n) is 9.01. The maximum absolute atomic E-state index is 12.7. The van der Waals surface area contributed by atoms with Gasteiger partial charge < -0.3 is 15.0 Å². The molecule has 5 heteroatoms. The van der Waals surface area contributed by atoms with Crippen molar-refractivity contribution in [3.05, 3.63) is 29.8 Å². The minimum Gasteiger partial charge on any atom is -0.490 e. The van der Waals surface area contributed by atoms with Crippen LogP contribution in [0.4, 0.5) is 0 Å². The standard InChI is InChI=1S/C19H26N2O2.ClH/c22-18(21-12-9-19(10-13-21)8-11-20-14-19)15-4-6-17(7-5-15)23-16-2-1-3-16;/h4-7,16,20H,1-3,8-14H2;1H. The average Bonchev–Trinajstić information content (AvgIpc) is 3.00. The molecular formula is C19H27ClN2O2. The van der Waals surface area contributed by atoms with E-state index in [1.807, 2.05) is 29.2 Å². The van der Waals surface area contributed by atoms with Gasteiger partial charge in [0.05, 0.1) is 6.10 Å². The highest BCUT2D eigenvalue weighted by atomic mass is 35.5. The maximum Gasteiger partial charge on any atom is 0.253 e. The maximum atomic E-state index is 12.7. The van der Waals surface area contributed by atoms with Crippen LogP contribution in [0.2, 0.25) is 0 Å². The second kappa shape index (κ2) is 7.32. The van der Waals surface area contributed by atoms with Crippen LogP contribution in [0.5, 0.6) is 5.75 Å². The Labute approximate surface area is 150 Å². The van der Waals surface area contributed by atoms with Gasteiger partial charge in [0.25, 0.3) is 5.91 Å². The van der Waals surface area contributed by atoms with Crippen molar-refractivity contribution in [1.29, 1.82) is 0 Å². The smallest absolute Gasteiger partial charge is 0.253 e. The molecule has 2 saturated heterocycles. The van der Waals surface area contributed by atoms with Crippen molar-refractivity contribution in [2.75, 3.05) is 26.2 Å². The number of hydrogen-bond acceptors (Lipinski definition) is 3. The van der Waals surface area contributed by atoms with Crippen molar-refractivity contribution >= 4 is 18.3 Å². The fourth-order valence-corrected chi connectivity index (χ4v) is 3.95. The topological polar surface area (TPSA) is 41.6 Å². The van der Waals surface area contributed by atoms with Gasteiger partial charge in [0.1, 0.15) is 5.75 Å². The Hall–Kier alpha value is -1.26. The molecule has 3 fully saturated rings. The molecule has 1 saturated carbocycles. The van der Waals surface area contributed by atoms with Crippen molar-refractivity contribution in [3.8, 4) is 5.75 Å². The van der Waals surface area contributed by atoms with Crippen molar-refractivity contribution < 1.29 is 9.53 Å². The summed E-state index contributed by atoms with van der Waals surface area (Å²) >= 11 is 0. The van der Waals surface area contributed by atoms with Crippen molar-refractivity contribution in [1.82, 2.24) is 10.2 Å². The van der Waals surface area contributed by atoms with Crippen LogP contribution in [0, 0.1) is 5.41 Å². The van der Waals surface area contributed by atoms with E-state index in [4.69, 9.17) is 4.74 Å². The highest BCUT2D eigenvalue weighted by Crippen LogP contribution is 2.37. The molecule has 0 bridgehead atoms. The minimum absolute atomic E-state index is 0. The Kier molecular flexibility index (Phi) is 5.36. The summed E-state index contributed by atoms with van der Waals surface area (Å²) < 4.78 is 5.86. The number of ether oxygens (including phenoxy) is 1. The van der Waals surface area contributed by atoms with Crippen molar-refractivity contribution in [2.24, 2.45) is 5.41 Å². The Morgan fingerprint density at radius 3 is 2.38 bits per heavy atom. The first-order chi connectivity index (χ1) is 11.2.